The molecule has 4 aromatic heterocycles. The summed E-state index contributed by atoms with van der Waals surface area (Å²) in [5.41, 5.74) is 12.8. The van der Waals surface area contributed by atoms with E-state index in [4.69, 9.17) is 39.0 Å². The lowest BCUT2D eigenvalue weighted by Crippen LogP contribution is -2.36. The van der Waals surface area contributed by atoms with Gasteiger partial charge in [0.2, 0.25) is 0 Å². The SMILES string of the molecule is CP1(=O)OC[C@H]2O[C@@H](n3cnc4c(N)ncnc43)[C@H](O)[C@@H]2O[P@](=O)(S)OC[C@H]2O[C@@H](n3cnc4c(N)ncnc43)[C@H](O1)[C@@H]2O. The third kappa shape index (κ3) is 5.17. The van der Waals surface area contributed by atoms with Gasteiger partial charge in [0, 0.05) is 6.66 Å². The molecule has 4 aromatic rings. The minimum atomic E-state index is -4.26. The monoisotopic (exact) mass is 672 g/mol. The van der Waals surface area contributed by atoms with E-state index < -0.39 is 76.7 Å². The molecular weight excluding hydrogens is 646 g/mol. The van der Waals surface area contributed by atoms with Crippen LogP contribution in [0.15, 0.2) is 25.3 Å². The second kappa shape index (κ2) is 10.9. The highest BCUT2D eigenvalue weighted by atomic mass is 32.7. The summed E-state index contributed by atoms with van der Waals surface area (Å²) < 4.78 is 64.6. The van der Waals surface area contributed by atoms with Crippen molar-refractivity contribution < 1.29 is 46.9 Å². The van der Waals surface area contributed by atoms with Crippen LogP contribution in [-0.4, -0.2) is 106 Å². The van der Waals surface area contributed by atoms with E-state index in [9.17, 15) is 19.3 Å². The largest absolute Gasteiger partial charge is 0.387 e. The number of hydrogen-bond acceptors (Lipinski definition) is 18. The zero-order valence-electron chi connectivity index (χ0n) is 22.6. The van der Waals surface area contributed by atoms with Gasteiger partial charge in [0.15, 0.2) is 35.4 Å². The van der Waals surface area contributed by atoms with Gasteiger partial charge in [-0.25, -0.2) is 34.5 Å². The Balaban J connectivity index is 1.20. The average Bonchev–Trinajstić information content (AvgIpc) is 3.73. The molecular formula is C21H26N10O10P2S. The number of imidazole rings is 2. The molecule has 0 aliphatic carbocycles. The number of aliphatic hydroxyl groups excluding tert-OH is 2. The standard InChI is InChI=1S/C21H26N10O10P2S/c1-42(34)36-3-9-14(13(33)20(39-9)30-6-28-10-16(22)24-4-26-18(10)30)41-43(35,44)37-2-8-12(32)15(40-42)21(38-8)31-7-29-11-17(23)25-5-27-19(11)31/h4-9,12-15,20-21,32-33H,2-3H2,1H3,(H,35,44)(H2,22,24,26)(H2,23,25,27)/t8-,9-,12-,13-,14-,15-,20-,21-,42?,43-/m1/s1. The molecule has 236 valence electrons. The molecule has 23 heteroatoms. The van der Waals surface area contributed by atoms with Gasteiger partial charge in [0.05, 0.1) is 25.9 Å². The summed E-state index contributed by atoms with van der Waals surface area (Å²) in [7, 11) is -4.01. The predicted octanol–water partition coefficient (Wildman–Crippen LogP) is 0.0252. The van der Waals surface area contributed by atoms with E-state index in [0.717, 1.165) is 0 Å². The van der Waals surface area contributed by atoms with E-state index in [-0.39, 0.29) is 34.0 Å². The number of nitrogens with two attached hydrogens (primary N) is 2. The van der Waals surface area contributed by atoms with E-state index in [1.807, 2.05) is 0 Å². The molecule has 3 saturated heterocycles. The maximum Gasteiger partial charge on any atom is 0.386 e. The Bertz CT molecular complexity index is 1830. The van der Waals surface area contributed by atoms with E-state index in [1.54, 1.807) is 0 Å². The molecule has 7 heterocycles. The molecule has 3 fully saturated rings. The van der Waals surface area contributed by atoms with Gasteiger partial charge in [-0.1, -0.05) is 12.2 Å². The number of nitrogen functional groups attached to an aromatic ring is 2. The number of aliphatic hydroxyl groups is 2. The van der Waals surface area contributed by atoms with Crippen LogP contribution in [0.2, 0.25) is 0 Å². The molecule has 6 N–H and O–H groups in total. The van der Waals surface area contributed by atoms with Crippen molar-refractivity contribution in [2.45, 2.75) is 49.1 Å². The van der Waals surface area contributed by atoms with Gasteiger partial charge >= 0.3 is 14.4 Å². The quantitative estimate of drug-likeness (QED) is 0.139. The highest BCUT2D eigenvalue weighted by Crippen LogP contribution is 2.58. The molecule has 1 unspecified atom stereocenters. The van der Waals surface area contributed by atoms with Crippen molar-refractivity contribution in [1.82, 2.24) is 39.0 Å². The third-order valence-electron chi connectivity index (χ3n) is 7.39. The first-order valence-electron chi connectivity index (χ1n) is 13.0. The van der Waals surface area contributed by atoms with Crippen molar-refractivity contribution >= 4 is 60.6 Å². The van der Waals surface area contributed by atoms with Crippen molar-refractivity contribution in [1.29, 1.82) is 0 Å². The van der Waals surface area contributed by atoms with Crippen molar-refractivity contribution in [3.63, 3.8) is 0 Å². The van der Waals surface area contributed by atoms with Gasteiger partial charge in [0.1, 0.15) is 60.3 Å². The Morgan fingerprint density at radius 2 is 1.36 bits per heavy atom. The lowest BCUT2D eigenvalue weighted by molar-refractivity contribution is -0.0585. The molecule has 2 bridgehead atoms. The molecule has 0 radical (unpaired) electrons. The Kier molecular flexibility index (Phi) is 7.41. The molecule has 3 aliphatic rings. The van der Waals surface area contributed by atoms with Gasteiger partial charge in [-0.05, 0) is 0 Å². The first kappa shape index (κ1) is 29.9. The summed E-state index contributed by atoms with van der Waals surface area (Å²) in [4.78, 5) is 24.6. The summed E-state index contributed by atoms with van der Waals surface area (Å²) in [6.07, 6.45) is -5.17. The Labute approximate surface area is 252 Å². The van der Waals surface area contributed by atoms with E-state index in [0.29, 0.717) is 0 Å². The lowest BCUT2D eigenvalue weighted by atomic mass is 10.1. The zero-order valence-corrected chi connectivity index (χ0v) is 25.3. The number of anilines is 2. The smallest absolute Gasteiger partial charge is 0.386 e. The van der Waals surface area contributed by atoms with Crippen LogP contribution in [-0.2, 0) is 36.7 Å². The number of ether oxygens (including phenoxy) is 2. The summed E-state index contributed by atoms with van der Waals surface area (Å²) >= 11 is 4.08. The third-order valence-corrected chi connectivity index (χ3v) is 10.2. The molecule has 44 heavy (non-hydrogen) atoms. The lowest BCUT2D eigenvalue weighted by Gasteiger charge is -2.27. The van der Waals surface area contributed by atoms with Gasteiger partial charge in [0.25, 0.3) is 0 Å². The highest BCUT2D eigenvalue weighted by Gasteiger charge is 2.53. The zero-order chi connectivity index (χ0) is 31.0. The predicted molar refractivity (Wildman–Crippen MR) is 151 cm³/mol. The highest BCUT2D eigenvalue weighted by molar-refractivity contribution is 8.44. The van der Waals surface area contributed by atoms with Crippen molar-refractivity contribution in [2.24, 2.45) is 0 Å². The fourth-order valence-electron chi connectivity index (χ4n) is 5.33. The summed E-state index contributed by atoms with van der Waals surface area (Å²) in [6.45, 7) is -4.05. The minimum Gasteiger partial charge on any atom is -0.387 e. The second-order valence-corrected chi connectivity index (χ2v) is 15.1. The molecule has 0 aromatic carbocycles. The Morgan fingerprint density at radius 1 is 0.795 bits per heavy atom. The molecule has 0 spiro atoms. The van der Waals surface area contributed by atoms with Crippen LogP contribution in [0, 0.1) is 0 Å². The van der Waals surface area contributed by atoms with Gasteiger partial charge < -0.3 is 35.7 Å². The fraction of sp³-hybridized carbons (Fsp3) is 0.524. The van der Waals surface area contributed by atoms with Crippen LogP contribution in [0.3, 0.4) is 0 Å². The number of aromatic nitrogens is 8. The van der Waals surface area contributed by atoms with Crippen LogP contribution in [0.5, 0.6) is 0 Å². The maximum atomic E-state index is 13.7. The second-order valence-electron chi connectivity index (χ2n) is 10.2. The van der Waals surface area contributed by atoms with Crippen LogP contribution >= 0.6 is 26.6 Å². The molecule has 7 rings (SSSR count). The number of nitrogens with zero attached hydrogens (tertiary/aromatic N) is 8. The van der Waals surface area contributed by atoms with Crippen LogP contribution in [0.1, 0.15) is 12.5 Å². The molecule has 0 amide bonds. The fourth-order valence-corrected chi connectivity index (χ4v) is 7.97. The summed E-state index contributed by atoms with van der Waals surface area (Å²) in [5, 5.41) is 22.4. The number of fused-ring (bicyclic) bond motifs is 5. The van der Waals surface area contributed by atoms with Gasteiger partial charge in [-0.2, -0.15) is 0 Å². The molecule has 20 nitrogen and oxygen atoms in total. The van der Waals surface area contributed by atoms with E-state index in [1.165, 1.54) is 41.1 Å². The number of hydrogen-bond donors (Lipinski definition) is 5. The van der Waals surface area contributed by atoms with Crippen LogP contribution < -0.4 is 11.5 Å². The van der Waals surface area contributed by atoms with Crippen molar-refractivity contribution in [3.8, 4) is 0 Å². The van der Waals surface area contributed by atoms with Gasteiger partial charge in [-0.3, -0.25) is 27.3 Å². The normalized spacial score (nSPS) is 38.3. The van der Waals surface area contributed by atoms with Crippen molar-refractivity contribution in [2.75, 3.05) is 31.3 Å². The van der Waals surface area contributed by atoms with Crippen LogP contribution in [0.25, 0.3) is 22.3 Å². The molecule has 10 atom stereocenters. The first-order chi connectivity index (χ1) is 20.9. The molecule has 3 aliphatic heterocycles. The molecule has 0 saturated carbocycles. The Hall–Kier alpha value is -2.81. The van der Waals surface area contributed by atoms with Crippen molar-refractivity contribution in [3.05, 3.63) is 25.3 Å². The minimum absolute atomic E-state index is 0.107. The Morgan fingerprint density at radius 3 is 2.00 bits per heavy atom. The van der Waals surface area contributed by atoms with Crippen LogP contribution in [0.4, 0.5) is 11.6 Å². The topological polar surface area (TPSA) is 269 Å². The maximum absolute atomic E-state index is 13.7. The van der Waals surface area contributed by atoms with E-state index in [2.05, 4.69) is 42.2 Å². The number of rotatable bonds is 2. The first-order valence-corrected chi connectivity index (χ1v) is 17.7. The van der Waals surface area contributed by atoms with Gasteiger partial charge in [-0.15, -0.1) is 0 Å². The van der Waals surface area contributed by atoms with E-state index >= 15 is 0 Å². The number of thiol groups is 1. The average molecular weight is 673 g/mol. The summed E-state index contributed by atoms with van der Waals surface area (Å²) in [6, 6.07) is 0. The summed E-state index contributed by atoms with van der Waals surface area (Å²) in [5.74, 6) is 0.216.